The summed E-state index contributed by atoms with van der Waals surface area (Å²) >= 11 is 1.80. The van der Waals surface area contributed by atoms with Crippen LogP contribution in [-0.4, -0.2) is 17.0 Å². The fourth-order valence-corrected chi connectivity index (χ4v) is 5.21. The van der Waals surface area contributed by atoms with E-state index in [1.807, 2.05) is 14.0 Å². The number of aryl methyl sites for hydroxylation is 3. The van der Waals surface area contributed by atoms with Crippen molar-refractivity contribution in [2.75, 3.05) is 12.4 Å². The molecule has 32 heavy (non-hydrogen) atoms. The summed E-state index contributed by atoms with van der Waals surface area (Å²) in [6.07, 6.45) is 2.04. The molecule has 2 heterocycles. The summed E-state index contributed by atoms with van der Waals surface area (Å²) in [4.78, 5) is 10.8. The van der Waals surface area contributed by atoms with Gasteiger partial charge in [0.1, 0.15) is 11.6 Å². The van der Waals surface area contributed by atoms with Crippen LogP contribution in [0.2, 0.25) is 0 Å². The van der Waals surface area contributed by atoms with Crippen molar-refractivity contribution in [2.45, 2.75) is 53.1 Å². The number of nitrogens with zero attached hydrogens (tertiary/aromatic N) is 2. The van der Waals surface area contributed by atoms with Crippen LogP contribution in [0, 0.1) is 6.92 Å². The number of nitrogens with one attached hydrogen (secondary N) is 2. The summed E-state index contributed by atoms with van der Waals surface area (Å²) in [5, 5.41) is 10.3. The van der Waals surface area contributed by atoms with Gasteiger partial charge in [-0.3, -0.25) is 0 Å². The van der Waals surface area contributed by atoms with Gasteiger partial charge < -0.3 is 10.6 Å². The van der Waals surface area contributed by atoms with Gasteiger partial charge in [0.15, 0.2) is 0 Å². The molecule has 0 fully saturated rings. The van der Waals surface area contributed by atoms with Crippen LogP contribution >= 0.6 is 11.3 Å². The molecule has 0 aliphatic carbocycles. The summed E-state index contributed by atoms with van der Waals surface area (Å²) < 4.78 is 0. The minimum absolute atomic E-state index is 0.152. The first-order valence-electron chi connectivity index (χ1n) is 11.4. The van der Waals surface area contributed by atoms with E-state index < -0.39 is 0 Å². The van der Waals surface area contributed by atoms with Crippen LogP contribution in [0.25, 0.3) is 22.0 Å². The molecule has 2 aromatic carbocycles. The van der Waals surface area contributed by atoms with E-state index in [0.717, 1.165) is 41.9 Å². The Labute approximate surface area is 195 Å². The minimum Gasteiger partial charge on any atom is -0.362 e. The quantitative estimate of drug-likeness (QED) is 0.318. The summed E-state index contributed by atoms with van der Waals surface area (Å²) in [7, 11) is 1.99. The lowest BCUT2D eigenvalue weighted by Crippen LogP contribution is -2.09. The third-order valence-electron chi connectivity index (χ3n) is 5.99. The number of rotatable bonds is 8. The molecule has 166 valence electrons. The number of thiophene rings is 1. The van der Waals surface area contributed by atoms with Crippen LogP contribution in [0.5, 0.6) is 0 Å². The predicted molar refractivity (Wildman–Crippen MR) is 138 cm³/mol. The number of hydrogen-bond donors (Lipinski definition) is 2. The van der Waals surface area contributed by atoms with E-state index in [0.29, 0.717) is 0 Å². The maximum atomic E-state index is 4.78. The second-order valence-corrected chi connectivity index (χ2v) is 9.20. The third-order valence-corrected chi connectivity index (χ3v) is 7.10. The number of fused-ring (bicyclic) bond motifs is 1. The maximum absolute atomic E-state index is 4.78. The van der Waals surface area contributed by atoms with Crippen molar-refractivity contribution in [3.63, 3.8) is 0 Å². The summed E-state index contributed by atoms with van der Waals surface area (Å²) in [6, 6.07) is 15.6. The van der Waals surface area contributed by atoms with E-state index in [9.17, 15) is 0 Å². The van der Waals surface area contributed by atoms with Gasteiger partial charge in [-0.25, -0.2) is 9.97 Å². The van der Waals surface area contributed by atoms with Crippen LogP contribution in [0.1, 0.15) is 54.2 Å². The van der Waals surface area contributed by atoms with Crippen LogP contribution in [-0.2, 0) is 19.4 Å². The number of anilines is 1. The summed E-state index contributed by atoms with van der Waals surface area (Å²) in [6.45, 7) is 9.46. The van der Waals surface area contributed by atoms with Gasteiger partial charge in [0.25, 0.3) is 0 Å². The highest BCUT2D eigenvalue weighted by Crippen LogP contribution is 2.34. The smallest absolute Gasteiger partial charge is 0.138 e. The van der Waals surface area contributed by atoms with Crippen LogP contribution in [0.4, 0.5) is 5.82 Å². The molecule has 0 saturated carbocycles. The first-order chi connectivity index (χ1) is 15.5. The molecule has 2 aromatic heterocycles. The van der Waals surface area contributed by atoms with Gasteiger partial charge in [-0.1, -0.05) is 38.1 Å². The van der Waals surface area contributed by atoms with E-state index in [1.54, 1.807) is 11.3 Å². The molecule has 4 nitrogen and oxygen atoms in total. The lowest BCUT2D eigenvalue weighted by molar-refractivity contribution is 0.819. The molecule has 0 spiro atoms. The van der Waals surface area contributed by atoms with Crippen molar-refractivity contribution in [2.24, 2.45) is 0 Å². The van der Waals surface area contributed by atoms with Crippen molar-refractivity contribution in [1.82, 2.24) is 15.3 Å². The van der Waals surface area contributed by atoms with Crippen molar-refractivity contribution >= 4 is 28.1 Å². The molecule has 0 unspecified atom stereocenters. The lowest BCUT2D eigenvalue weighted by atomic mass is 10.00. The van der Waals surface area contributed by atoms with E-state index in [4.69, 9.17) is 9.97 Å². The Morgan fingerprint density at radius 3 is 2.47 bits per heavy atom. The molecule has 0 saturated heterocycles. The van der Waals surface area contributed by atoms with Gasteiger partial charge in [0.2, 0.25) is 0 Å². The molecule has 1 atom stereocenters. The molecule has 4 rings (SSSR count). The van der Waals surface area contributed by atoms with Gasteiger partial charge in [0, 0.05) is 16.8 Å². The van der Waals surface area contributed by atoms with E-state index in [1.165, 1.54) is 32.7 Å². The van der Waals surface area contributed by atoms with Crippen LogP contribution in [0.15, 0.2) is 47.8 Å². The number of hydrogen-bond acceptors (Lipinski definition) is 5. The minimum atomic E-state index is 0.152. The first-order valence-corrected chi connectivity index (χ1v) is 12.3. The van der Waals surface area contributed by atoms with Crippen LogP contribution < -0.4 is 10.6 Å². The highest BCUT2D eigenvalue weighted by atomic mass is 32.1. The van der Waals surface area contributed by atoms with E-state index in [-0.39, 0.29) is 6.04 Å². The molecule has 2 N–H and O–H groups in total. The number of aromatic nitrogens is 2. The van der Waals surface area contributed by atoms with Crippen LogP contribution in [0.3, 0.4) is 0 Å². The zero-order valence-electron chi connectivity index (χ0n) is 19.6. The van der Waals surface area contributed by atoms with Crippen molar-refractivity contribution in [3.8, 4) is 11.1 Å². The third kappa shape index (κ3) is 4.54. The maximum Gasteiger partial charge on any atom is 0.138 e. The standard InChI is InChI=1S/C27H32N4S/c1-6-19-12-24-25(13-20(19)7-2)30-18(4)31-27(24)29-17(3)26-14-22(16-32-26)23-11-9-8-10-21(23)15-28-5/h8-14,16-17,28H,6-7,15H2,1-5H3,(H,29,30,31)/t17-/m1/s1. The van der Waals surface area contributed by atoms with Gasteiger partial charge in [-0.2, -0.15) is 0 Å². The van der Waals surface area contributed by atoms with Crippen molar-refractivity contribution < 1.29 is 0 Å². The molecular formula is C27H32N4S. The molecule has 5 heteroatoms. The van der Waals surface area contributed by atoms with Crippen molar-refractivity contribution in [3.05, 3.63) is 75.2 Å². The first kappa shape index (κ1) is 22.4. The Kier molecular flexibility index (Phi) is 6.87. The molecule has 0 amide bonds. The zero-order valence-corrected chi connectivity index (χ0v) is 20.4. The monoisotopic (exact) mass is 444 g/mol. The Morgan fingerprint density at radius 2 is 1.72 bits per heavy atom. The predicted octanol–water partition coefficient (Wildman–Crippen LogP) is 6.68. The SMILES string of the molecule is CCc1cc2nc(C)nc(N[C@H](C)c3cc(-c4ccccc4CNC)cs3)c2cc1CC. The highest BCUT2D eigenvalue weighted by molar-refractivity contribution is 7.10. The van der Waals surface area contributed by atoms with Crippen molar-refractivity contribution in [1.29, 1.82) is 0 Å². The van der Waals surface area contributed by atoms with Gasteiger partial charge >= 0.3 is 0 Å². The average molecular weight is 445 g/mol. The fourth-order valence-electron chi connectivity index (χ4n) is 4.29. The van der Waals surface area contributed by atoms with Gasteiger partial charge in [-0.05, 0) is 85.1 Å². The molecule has 0 aliphatic heterocycles. The Bertz CT molecular complexity index is 1230. The number of benzene rings is 2. The molecular weight excluding hydrogens is 412 g/mol. The fraction of sp³-hybridized carbons (Fsp3) is 0.333. The Balaban J connectivity index is 1.66. The molecule has 0 bridgehead atoms. The molecule has 4 aromatic rings. The second kappa shape index (κ2) is 9.80. The molecule has 0 aliphatic rings. The normalized spacial score (nSPS) is 12.3. The largest absolute Gasteiger partial charge is 0.362 e. The average Bonchev–Trinajstić information content (AvgIpc) is 3.29. The zero-order chi connectivity index (χ0) is 22.7. The summed E-state index contributed by atoms with van der Waals surface area (Å²) in [5.74, 6) is 1.72. The van der Waals surface area contributed by atoms with Gasteiger partial charge in [0.05, 0.1) is 11.6 Å². The van der Waals surface area contributed by atoms with Gasteiger partial charge in [-0.15, -0.1) is 11.3 Å². The highest BCUT2D eigenvalue weighted by Gasteiger charge is 2.15. The lowest BCUT2D eigenvalue weighted by Gasteiger charge is -2.17. The van der Waals surface area contributed by atoms with E-state index in [2.05, 4.69) is 79.2 Å². The Morgan fingerprint density at radius 1 is 0.969 bits per heavy atom. The molecule has 0 radical (unpaired) electrons. The van der Waals surface area contributed by atoms with E-state index >= 15 is 0 Å². The second-order valence-electron chi connectivity index (χ2n) is 8.26. The summed E-state index contributed by atoms with van der Waals surface area (Å²) in [5.41, 5.74) is 7.65. The topological polar surface area (TPSA) is 49.8 Å². The Hall–Kier alpha value is -2.76.